The van der Waals surface area contributed by atoms with Gasteiger partial charge in [-0.3, -0.25) is 0 Å². The molecule has 1 aliphatic rings. The topological polar surface area (TPSA) is 43.6 Å². The summed E-state index contributed by atoms with van der Waals surface area (Å²) in [4.78, 5) is 13.9. The van der Waals surface area contributed by atoms with Crippen molar-refractivity contribution in [3.63, 3.8) is 0 Å². The van der Waals surface area contributed by atoms with Gasteiger partial charge in [-0.15, -0.1) is 0 Å². The lowest BCUT2D eigenvalue weighted by Crippen LogP contribution is -2.24. The Morgan fingerprint density at radius 3 is 2.68 bits per heavy atom. The van der Waals surface area contributed by atoms with Gasteiger partial charge in [0.15, 0.2) is 5.65 Å². The van der Waals surface area contributed by atoms with E-state index in [1.54, 1.807) is 12.4 Å². The molecule has 1 aromatic carbocycles. The zero-order chi connectivity index (χ0) is 17.6. The maximum atomic E-state index is 6.41. The molecule has 1 saturated carbocycles. The lowest BCUT2D eigenvalue weighted by atomic mass is 9.80. The lowest BCUT2D eigenvalue weighted by molar-refractivity contribution is 0.222. The van der Waals surface area contributed by atoms with Gasteiger partial charge in [0.2, 0.25) is 0 Å². The third-order valence-corrected chi connectivity index (χ3v) is 5.84. The fraction of sp³-hybridized carbons (Fsp3) is 0.421. The number of imidazole rings is 1. The van der Waals surface area contributed by atoms with Gasteiger partial charge in [-0.25, -0.2) is 15.0 Å². The van der Waals surface area contributed by atoms with Gasteiger partial charge < -0.3 is 4.57 Å². The molecule has 6 heteroatoms. The standard InChI is InChI=1S/C19H20Cl2N4/c1-3-16-24-18-17(14-8-7-13(20)9-15(14)21)22-10-23-19(18)25(16)11(2)12-5-4-6-12/h7-12H,3-6H2,1-2H3. The lowest BCUT2D eigenvalue weighted by Gasteiger charge is -2.33. The van der Waals surface area contributed by atoms with Crippen LogP contribution in [0.2, 0.25) is 10.0 Å². The van der Waals surface area contributed by atoms with Gasteiger partial charge in [0.25, 0.3) is 0 Å². The SMILES string of the molecule is CCc1nc2c(-c3ccc(Cl)cc3Cl)ncnc2n1C(C)C1CCC1. The number of halogens is 2. The maximum Gasteiger partial charge on any atom is 0.164 e. The summed E-state index contributed by atoms with van der Waals surface area (Å²) in [6, 6.07) is 5.86. The Bertz CT molecular complexity index is 931. The maximum absolute atomic E-state index is 6.41. The molecule has 3 aromatic rings. The smallest absolute Gasteiger partial charge is 0.164 e. The van der Waals surface area contributed by atoms with Crippen LogP contribution < -0.4 is 0 Å². The Morgan fingerprint density at radius 2 is 2.04 bits per heavy atom. The number of hydrogen-bond donors (Lipinski definition) is 0. The zero-order valence-corrected chi connectivity index (χ0v) is 15.8. The summed E-state index contributed by atoms with van der Waals surface area (Å²) in [5.41, 5.74) is 3.31. The molecule has 2 aromatic heterocycles. The predicted octanol–water partition coefficient (Wildman–Crippen LogP) is 5.72. The average molecular weight is 375 g/mol. The Balaban J connectivity index is 1.91. The molecule has 1 fully saturated rings. The Labute approximate surface area is 157 Å². The van der Waals surface area contributed by atoms with Crippen LogP contribution in [0.1, 0.15) is 45.0 Å². The van der Waals surface area contributed by atoms with Crippen molar-refractivity contribution in [1.82, 2.24) is 19.5 Å². The second-order valence-electron chi connectivity index (χ2n) is 6.70. The number of aromatic nitrogens is 4. The molecule has 1 unspecified atom stereocenters. The van der Waals surface area contributed by atoms with E-state index in [0.29, 0.717) is 22.0 Å². The highest BCUT2D eigenvalue weighted by Crippen LogP contribution is 2.39. The molecule has 0 bridgehead atoms. The molecule has 0 N–H and O–H groups in total. The quantitative estimate of drug-likeness (QED) is 0.585. The van der Waals surface area contributed by atoms with Crippen LogP contribution in [-0.4, -0.2) is 19.5 Å². The first kappa shape index (κ1) is 16.8. The highest BCUT2D eigenvalue weighted by molar-refractivity contribution is 6.36. The Kier molecular flexibility index (Phi) is 4.42. The van der Waals surface area contributed by atoms with E-state index in [0.717, 1.165) is 34.7 Å². The van der Waals surface area contributed by atoms with Crippen LogP contribution in [0.15, 0.2) is 24.5 Å². The molecule has 130 valence electrons. The summed E-state index contributed by atoms with van der Waals surface area (Å²) in [6.07, 6.45) is 6.36. The van der Waals surface area contributed by atoms with E-state index in [1.165, 1.54) is 19.3 Å². The monoisotopic (exact) mass is 374 g/mol. The van der Waals surface area contributed by atoms with E-state index < -0.39 is 0 Å². The van der Waals surface area contributed by atoms with Crippen LogP contribution in [0, 0.1) is 5.92 Å². The first-order chi connectivity index (χ1) is 12.1. The zero-order valence-electron chi connectivity index (χ0n) is 14.3. The van der Waals surface area contributed by atoms with Crippen molar-refractivity contribution < 1.29 is 0 Å². The number of fused-ring (bicyclic) bond motifs is 1. The fourth-order valence-electron chi connectivity index (χ4n) is 3.64. The Morgan fingerprint density at radius 1 is 1.24 bits per heavy atom. The second-order valence-corrected chi connectivity index (χ2v) is 7.55. The molecule has 25 heavy (non-hydrogen) atoms. The molecule has 1 atom stereocenters. The van der Waals surface area contributed by atoms with Gasteiger partial charge >= 0.3 is 0 Å². The van der Waals surface area contributed by atoms with Gasteiger partial charge in [-0.05, 0) is 43.9 Å². The minimum atomic E-state index is 0.400. The normalized spacial score (nSPS) is 16.2. The van der Waals surface area contributed by atoms with E-state index >= 15 is 0 Å². The van der Waals surface area contributed by atoms with Crippen molar-refractivity contribution in [3.05, 3.63) is 40.4 Å². The van der Waals surface area contributed by atoms with Crippen molar-refractivity contribution in [2.24, 2.45) is 5.92 Å². The molecular formula is C19H20Cl2N4. The van der Waals surface area contributed by atoms with Crippen molar-refractivity contribution in [2.75, 3.05) is 0 Å². The summed E-state index contributed by atoms with van der Waals surface area (Å²) in [5, 5.41) is 1.18. The first-order valence-corrected chi connectivity index (χ1v) is 9.53. The van der Waals surface area contributed by atoms with E-state index in [2.05, 4.69) is 28.4 Å². The Hall–Kier alpha value is -1.65. The molecular weight excluding hydrogens is 355 g/mol. The summed E-state index contributed by atoms with van der Waals surface area (Å²) >= 11 is 12.4. The van der Waals surface area contributed by atoms with Crippen LogP contribution >= 0.6 is 23.2 Å². The van der Waals surface area contributed by atoms with E-state index in [9.17, 15) is 0 Å². The average Bonchev–Trinajstić information content (AvgIpc) is 2.92. The van der Waals surface area contributed by atoms with Crippen molar-refractivity contribution >= 4 is 34.4 Å². The second kappa shape index (κ2) is 6.58. The minimum Gasteiger partial charge on any atom is -0.309 e. The molecule has 0 aliphatic heterocycles. The highest BCUT2D eigenvalue weighted by atomic mass is 35.5. The van der Waals surface area contributed by atoms with Crippen molar-refractivity contribution in [3.8, 4) is 11.3 Å². The van der Waals surface area contributed by atoms with Crippen LogP contribution in [0.25, 0.3) is 22.4 Å². The van der Waals surface area contributed by atoms with Gasteiger partial charge in [0, 0.05) is 23.0 Å². The van der Waals surface area contributed by atoms with E-state index in [-0.39, 0.29) is 0 Å². The number of benzene rings is 1. The summed E-state index contributed by atoms with van der Waals surface area (Å²) in [7, 11) is 0. The molecule has 0 spiro atoms. The van der Waals surface area contributed by atoms with Gasteiger partial charge in [-0.2, -0.15) is 0 Å². The van der Waals surface area contributed by atoms with Crippen LogP contribution in [-0.2, 0) is 6.42 Å². The van der Waals surface area contributed by atoms with Crippen molar-refractivity contribution in [1.29, 1.82) is 0 Å². The number of rotatable bonds is 4. The number of hydrogen-bond acceptors (Lipinski definition) is 3. The fourth-order valence-corrected chi connectivity index (χ4v) is 4.14. The van der Waals surface area contributed by atoms with E-state index in [4.69, 9.17) is 28.2 Å². The molecule has 4 rings (SSSR count). The third-order valence-electron chi connectivity index (χ3n) is 5.29. The van der Waals surface area contributed by atoms with Gasteiger partial charge in [0.1, 0.15) is 23.4 Å². The minimum absolute atomic E-state index is 0.400. The summed E-state index contributed by atoms with van der Waals surface area (Å²) < 4.78 is 2.30. The highest BCUT2D eigenvalue weighted by Gasteiger charge is 2.29. The first-order valence-electron chi connectivity index (χ1n) is 8.77. The van der Waals surface area contributed by atoms with Crippen LogP contribution in [0.5, 0.6) is 0 Å². The number of aryl methyl sites for hydroxylation is 1. The summed E-state index contributed by atoms with van der Waals surface area (Å²) in [6.45, 7) is 4.41. The molecule has 0 saturated heterocycles. The predicted molar refractivity (Wildman–Crippen MR) is 102 cm³/mol. The van der Waals surface area contributed by atoms with Gasteiger partial charge in [0.05, 0.1) is 5.02 Å². The molecule has 0 radical (unpaired) electrons. The third kappa shape index (κ3) is 2.81. The van der Waals surface area contributed by atoms with Crippen LogP contribution in [0.3, 0.4) is 0 Å². The molecule has 2 heterocycles. The van der Waals surface area contributed by atoms with Crippen molar-refractivity contribution in [2.45, 2.75) is 45.6 Å². The molecule has 0 amide bonds. The van der Waals surface area contributed by atoms with E-state index in [1.807, 2.05) is 12.1 Å². The number of nitrogens with zero attached hydrogens (tertiary/aromatic N) is 4. The molecule has 4 nitrogen and oxygen atoms in total. The summed E-state index contributed by atoms with van der Waals surface area (Å²) in [5.74, 6) is 1.77. The molecule has 1 aliphatic carbocycles. The largest absolute Gasteiger partial charge is 0.309 e. The van der Waals surface area contributed by atoms with Crippen LogP contribution in [0.4, 0.5) is 0 Å². The van der Waals surface area contributed by atoms with Gasteiger partial charge in [-0.1, -0.05) is 36.5 Å².